The highest BCUT2D eigenvalue weighted by molar-refractivity contribution is 5.81. The van der Waals surface area contributed by atoms with Gasteiger partial charge in [-0.25, -0.2) is 0 Å². The molecule has 1 aliphatic rings. The molecule has 0 unspecified atom stereocenters. The summed E-state index contributed by atoms with van der Waals surface area (Å²) < 4.78 is 4.52. The molecule has 9 heteroatoms. The van der Waals surface area contributed by atoms with E-state index >= 15 is 0 Å². The minimum atomic E-state index is -0.540. The Morgan fingerprint density at radius 2 is 1.96 bits per heavy atom. The van der Waals surface area contributed by atoms with Gasteiger partial charge in [-0.2, -0.15) is 0 Å². The zero-order chi connectivity index (χ0) is 16.8. The predicted octanol–water partition coefficient (Wildman–Crippen LogP) is 0.592. The first kappa shape index (κ1) is 16.7. The number of ether oxygens (including phenoxy) is 1. The van der Waals surface area contributed by atoms with Gasteiger partial charge in [-0.1, -0.05) is 0 Å². The quantitative estimate of drug-likeness (QED) is 0.444. The number of rotatable bonds is 5. The lowest BCUT2D eigenvalue weighted by Gasteiger charge is -2.35. The van der Waals surface area contributed by atoms with E-state index in [9.17, 15) is 19.7 Å². The molecule has 1 amide bonds. The molecule has 0 bridgehead atoms. The zero-order valence-electron chi connectivity index (χ0n) is 12.8. The van der Waals surface area contributed by atoms with Gasteiger partial charge in [0.15, 0.2) is 6.20 Å². The van der Waals surface area contributed by atoms with Gasteiger partial charge in [0.05, 0.1) is 19.2 Å². The van der Waals surface area contributed by atoms with E-state index in [-0.39, 0.29) is 24.6 Å². The molecule has 0 spiro atoms. The first-order valence-electron chi connectivity index (χ1n) is 7.21. The van der Waals surface area contributed by atoms with Crippen LogP contribution in [0.15, 0.2) is 18.3 Å². The summed E-state index contributed by atoms with van der Waals surface area (Å²) in [5.41, 5.74) is 0.789. The number of piperazine rings is 1. The third kappa shape index (κ3) is 4.38. The van der Waals surface area contributed by atoms with Crippen LogP contribution in [0.4, 0.5) is 11.5 Å². The van der Waals surface area contributed by atoms with E-state index in [4.69, 9.17) is 0 Å². The molecule has 0 atom stereocenters. The van der Waals surface area contributed by atoms with Crippen LogP contribution < -0.4 is 4.90 Å². The topological polar surface area (TPSA) is 106 Å². The number of methoxy groups -OCH3 is 1. The van der Waals surface area contributed by atoms with Gasteiger partial charge < -0.3 is 24.7 Å². The maximum Gasteiger partial charge on any atom is 0.363 e. The standard InChI is InChI=1S/C14H18N4O5/c1-23-14(20)5-4-13(19)17-8-6-16(7-9-17)11-2-3-12(15-10-11)18(21)22/h2-3,10H,4-9H2,1H3. The summed E-state index contributed by atoms with van der Waals surface area (Å²) in [6, 6.07) is 3.02. The Morgan fingerprint density at radius 1 is 1.26 bits per heavy atom. The molecule has 1 saturated heterocycles. The molecule has 0 radical (unpaired) electrons. The molecule has 9 nitrogen and oxygen atoms in total. The average molecular weight is 322 g/mol. The number of nitrogens with zero attached hydrogens (tertiary/aromatic N) is 4. The molecule has 1 fully saturated rings. The average Bonchev–Trinajstić information content (AvgIpc) is 2.59. The van der Waals surface area contributed by atoms with Crippen molar-refractivity contribution >= 4 is 23.4 Å². The summed E-state index contributed by atoms with van der Waals surface area (Å²) in [6.45, 7) is 2.31. The SMILES string of the molecule is COC(=O)CCC(=O)N1CCN(c2ccc([N+](=O)[O-])nc2)CC1. The lowest BCUT2D eigenvalue weighted by molar-refractivity contribution is -0.389. The number of carbonyl (C=O) groups excluding carboxylic acids is 2. The fourth-order valence-electron chi connectivity index (χ4n) is 2.36. The van der Waals surface area contributed by atoms with Crippen LogP contribution in [-0.4, -0.2) is 60.0 Å². The maximum absolute atomic E-state index is 12.0. The molecule has 23 heavy (non-hydrogen) atoms. The second-order valence-corrected chi connectivity index (χ2v) is 5.08. The van der Waals surface area contributed by atoms with Crippen molar-refractivity contribution in [3.63, 3.8) is 0 Å². The number of aromatic nitrogens is 1. The van der Waals surface area contributed by atoms with Crippen molar-refractivity contribution in [3.05, 3.63) is 28.4 Å². The summed E-state index contributed by atoms with van der Waals surface area (Å²) in [4.78, 5) is 40.6. The van der Waals surface area contributed by atoms with Crippen LogP contribution in [0.2, 0.25) is 0 Å². The number of nitro groups is 1. The maximum atomic E-state index is 12.0. The van der Waals surface area contributed by atoms with Crippen molar-refractivity contribution in [2.45, 2.75) is 12.8 Å². The highest BCUT2D eigenvalue weighted by Crippen LogP contribution is 2.18. The van der Waals surface area contributed by atoms with E-state index in [0.717, 1.165) is 5.69 Å². The molecule has 1 aromatic heterocycles. The number of anilines is 1. The van der Waals surface area contributed by atoms with Gasteiger partial charge in [-0.05, 0) is 16.0 Å². The monoisotopic (exact) mass is 322 g/mol. The first-order valence-corrected chi connectivity index (χ1v) is 7.21. The molecule has 0 aromatic carbocycles. The smallest absolute Gasteiger partial charge is 0.363 e. The second kappa shape index (κ2) is 7.52. The Bertz CT molecular complexity index is 581. The van der Waals surface area contributed by atoms with Crippen molar-refractivity contribution in [1.29, 1.82) is 0 Å². The highest BCUT2D eigenvalue weighted by Gasteiger charge is 2.22. The third-order valence-corrected chi connectivity index (χ3v) is 3.69. The molecular weight excluding hydrogens is 304 g/mol. The Balaban J connectivity index is 1.84. The van der Waals surface area contributed by atoms with Crippen molar-refractivity contribution in [1.82, 2.24) is 9.88 Å². The van der Waals surface area contributed by atoms with Crippen LogP contribution in [0.25, 0.3) is 0 Å². The Morgan fingerprint density at radius 3 is 2.48 bits per heavy atom. The second-order valence-electron chi connectivity index (χ2n) is 5.08. The highest BCUT2D eigenvalue weighted by atomic mass is 16.6. The molecule has 0 aliphatic carbocycles. The molecule has 124 valence electrons. The van der Waals surface area contributed by atoms with E-state index in [2.05, 4.69) is 9.72 Å². The molecule has 2 heterocycles. The van der Waals surface area contributed by atoms with Gasteiger partial charge in [0, 0.05) is 38.7 Å². The van der Waals surface area contributed by atoms with Gasteiger partial charge in [-0.15, -0.1) is 0 Å². The van der Waals surface area contributed by atoms with Gasteiger partial charge in [-0.3, -0.25) is 9.59 Å². The van der Waals surface area contributed by atoms with Gasteiger partial charge >= 0.3 is 11.8 Å². The predicted molar refractivity (Wildman–Crippen MR) is 80.9 cm³/mol. The summed E-state index contributed by atoms with van der Waals surface area (Å²) in [7, 11) is 1.30. The van der Waals surface area contributed by atoms with Crippen molar-refractivity contribution in [2.24, 2.45) is 0 Å². The minimum absolute atomic E-state index is 0.0723. The van der Waals surface area contributed by atoms with Crippen molar-refractivity contribution < 1.29 is 19.2 Å². The van der Waals surface area contributed by atoms with E-state index in [1.54, 1.807) is 11.0 Å². The Hall–Kier alpha value is -2.71. The van der Waals surface area contributed by atoms with Crippen LogP contribution in [0.5, 0.6) is 0 Å². The number of hydrogen-bond acceptors (Lipinski definition) is 7. The summed E-state index contributed by atoms with van der Waals surface area (Å²) in [6.07, 6.45) is 1.69. The van der Waals surface area contributed by atoms with E-state index in [0.29, 0.717) is 26.2 Å². The molecule has 2 rings (SSSR count). The minimum Gasteiger partial charge on any atom is -0.469 e. The number of amides is 1. The Labute approximate surface area is 133 Å². The normalized spacial score (nSPS) is 14.5. The van der Waals surface area contributed by atoms with Crippen LogP contribution in [0.3, 0.4) is 0 Å². The van der Waals surface area contributed by atoms with Gasteiger partial charge in [0.25, 0.3) is 0 Å². The summed E-state index contributed by atoms with van der Waals surface area (Å²) >= 11 is 0. The summed E-state index contributed by atoms with van der Waals surface area (Å²) in [5.74, 6) is -0.656. The largest absolute Gasteiger partial charge is 0.469 e. The molecule has 1 aromatic rings. The summed E-state index contributed by atoms with van der Waals surface area (Å²) in [5, 5.41) is 10.6. The number of carbonyl (C=O) groups is 2. The van der Waals surface area contributed by atoms with E-state index in [1.165, 1.54) is 19.4 Å². The van der Waals surface area contributed by atoms with E-state index < -0.39 is 10.9 Å². The van der Waals surface area contributed by atoms with Crippen LogP contribution in [-0.2, 0) is 14.3 Å². The zero-order valence-corrected chi connectivity index (χ0v) is 12.8. The van der Waals surface area contributed by atoms with Gasteiger partial charge in [0.1, 0.15) is 0 Å². The van der Waals surface area contributed by atoms with Crippen LogP contribution in [0, 0.1) is 10.1 Å². The lowest BCUT2D eigenvalue weighted by Crippen LogP contribution is -2.48. The van der Waals surface area contributed by atoms with Crippen LogP contribution in [0.1, 0.15) is 12.8 Å². The third-order valence-electron chi connectivity index (χ3n) is 3.69. The number of pyridine rings is 1. The molecule has 1 aliphatic heterocycles. The van der Waals surface area contributed by atoms with Crippen molar-refractivity contribution in [2.75, 3.05) is 38.2 Å². The molecular formula is C14H18N4O5. The Kier molecular flexibility index (Phi) is 5.45. The lowest BCUT2D eigenvalue weighted by atomic mass is 10.2. The van der Waals surface area contributed by atoms with E-state index in [1.807, 2.05) is 4.90 Å². The number of esters is 1. The fraction of sp³-hybridized carbons (Fsp3) is 0.500. The fourth-order valence-corrected chi connectivity index (χ4v) is 2.36. The van der Waals surface area contributed by atoms with Gasteiger partial charge in [0.2, 0.25) is 5.91 Å². The molecule has 0 N–H and O–H groups in total. The molecule has 0 saturated carbocycles. The van der Waals surface area contributed by atoms with Crippen LogP contribution >= 0.6 is 0 Å². The first-order chi connectivity index (χ1) is 11.0. The van der Waals surface area contributed by atoms with Crippen molar-refractivity contribution in [3.8, 4) is 0 Å². The number of hydrogen-bond donors (Lipinski definition) is 0.